The molecule has 0 saturated carbocycles. The Morgan fingerprint density at radius 3 is 2.46 bits per heavy atom. The highest BCUT2D eigenvalue weighted by atomic mass is 32.2. The minimum atomic E-state index is -3.81. The molecule has 0 radical (unpaired) electrons. The van der Waals surface area contributed by atoms with Gasteiger partial charge in [-0.25, -0.2) is 12.8 Å². The third kappa shape index (κ3) is 4.62. The molecule has 0 amide bonds. The van der Waals surface area contributed by atoms with Gasteiger partial charge in [-0.1, -0.05) is 12.1 Å². The predicted octanol–water partition coefficient (Wildman–Crippen LogP) is -0.849. The molecule has 1 aliphatic rings. The maximum absolute atomic E-state index is 13.8. The minimum Gasteiger partial charge on any atom is -0.357 e. The zero-order valence-electron chi connectivity index (χ0n) is 14.0. The van der Waals surface area contributed by atoms with Crippen LogP contribution in [0.3, 0.4) is 0 Å². The van der Waals surface area contributed by atoms with Crippen LogP contribution >= 0.6 is 12.2 Å². The van der Waals surface area contributed by atoms with E-state index in [1.165, 1.54) is 27.4 Å². The van der Waals surface area contributed by atoms with Gasteiger partial charge in [0.25, 0.3) is 0 Å². The predicted molar refractivity (Wildman–Crippen MR) is 95.0 cm³/mol. The van der Waals surface area contributed by atoms with Crippen molar-refractivity contribution >= 4 is 27.4 Å². The van der Waals surface area contributed by atoms with E-state index in [-0.39, 0.29) is 18.0 Å². The minimum absolute atomic E-state index is 0.270. The number of likely N-dealkylation sites (N-methyl/N-ethyl adjacent to an activating group) is 1. The first kappa shape index (κ1) is 19.0. The molecule has 0 bridgehead atoms. The van der Waals surface area contributed by atoms with E-state index in [0.717, 1.165) is 19.2 Å². The van der Waals surface area contributed by atoms with Gasteiger partial charge in [0.2, 0.25) is 10.0 Å². The molecule has 0 aliphatic carbocycles. The summed E-state index contributed by atoms with van der Waals surface area (Å²) in [6.07, 6.45) is 0. The lowest BCUT2D eigenvalue weighted by Gasteiger charge is -2.35. The van der Waals surface area contributed by atoms with Gasteiger partial charge in [-0.15, -0.1) is 0 Å². The lowest BCUT2D eigenvalue weighted by molar-refractivity contribution is -0.856. The highest BCUT2D eigenvalue weighted by molar-refractivity contribution is 7.89. The Kier molecular flexibility index (Phi) is 6.50. The number of thiocarbonyl (C=S) groups is 1. The molecule has 2 N–H and O–H groups in total. The third-order valence-electron chi connectivity index (χ3n) is 3.88. The van der Waals surface area contributed by atoms with E-state index < -0.39 is 15.8 Å². The number of hydrogen-bond donors (Lipinski definition) is 2. The van der Waals surface area contributed by atoms with Crippen LogP contribution in [-0.4, -0.2) is 76.1 Å². The molecule has 9 heteroatoms. The summed E-state index contributed by atoms with van der Waals surface area (Å²) in [6.45, 7) is 3.29. The van der Waals surface area contributed by atoms with Crippen molar-refractivity contribution in [3.8, 4) is 0 Å². The van der Waals surface area contributed by atoms with Crippen LogP contribution in [0.25, 0.3) is 0 Å². The Bertz CT molecular complexity index is 674. The van der Waals surface area contributed by atoms with Crippen LogP contribution in [0, 0.1) is 5.82 Å². The molecule has 0 unspecified atom stereocenters. The third-order valence-corrected chi connectivity index (χ3v) is 6.22. The lowest BCUT2D eigenvalue weighted by atomic mass is 10.3. The molecule has 0 aromatic heterocycles. The average molecular weight is 376 g/mol. The number of nitrogens with zero attached hydrogens (tertiary/aromatic N) is 2. The molecule has 134 valence electrons. The number of rotatable bonds is 5. The zero-order valence-corrected chi connectivity index (χ0v) is 15.6. The van der Waals surface area contributed by atoms with Gasteiger partial charge in [0.15, 0.2) is 5.11 Å². The largest absolute Gasteiger partial charge is 0.357 e. The first-order valence-corrected chi connectivity index (χ1v) is 9.73. The van der Waals surface area contributed by atoms with E-state index in [9.17, 15) is 12.8 Å². The fraction of sp³-hybridized carbons (Fsp3) is 0.533. The Balaban J connectivity index is 1.93. The maximum atomic E-state index is 13.8. The van der Waals surface area contributed by atoms with Crippen LogP contribution < -0.4 is 10.2 Å². The summed E-state index contributed by atoms with van der Waals surface area (Å²) < 4.78 is 40.2. The van der Waals surface area contributed by atoms with E-state index in [2.05, 4.69) is 19.4 Å². The highest BCUT2D eigenvalue weighted by Gasteiger charge is 2.30. The molecule has 1 saturated heterocycles. The molecule has 1 heterocycles. The van der Waals surface area contributed by atoms with E-state index in [4.69, 9.17) is 12.2 Å². The molecule has 1 aromatic rings. The van der Waals surface area contributed by atoms with Crippen LogP contribution in [0.4, 0.5) is 4.39 Å². The lowest BCUT2D eigenvalue weighted by Crippen LogP contribution is -3.06. The molecule has 1 aromatic carbocycles. The average Bonchev–Trinajstić information content (AvgIpc) is 2.54. The number of sulfonamides is 1. The Morgan fingerprint density at radius 1 is 1.25 bits per heavy atom. The van der Waals surface area contributed by atoms with Crippen molar-refractivity contribution in [1.29, 1.82) is 0 Å². The Labute approximate surface area is 148 Å². The van der Waals surface area contributed by atoms with Crippen molar-refractivity contribution < 1.29 is 17.7 Å². The van der Waals surface area contributed by atoms with Gasteiger partial charge in [0.1, 0.15) is 10.7 Å². The number of quaternary nitrogens is 1. The van der Waals surface area contributed by atoms with E-state index >= 15 is 0 Å². The molecule has 24 heavy (non-hydrogen) atoms. The standard InChI is InChI=1S/C15H23FN4O2S2/c1-18(2)8-7-17-15(23)19-9-11-20(12-10-19)24(21,22)14-6-4-3-5-13(14)16/h3-6H,7-12H2,1-2H3,(H,17,23)/p+1. The van der Waals surface area contributed by atoms with Crippen molar-refractivity contribution in [1.82, 2.24) is 14.5 Å². The van der Waals surface area contributed by atoms with Crippen molar-refractivity contribution in [2.24, 2.45) is 0 Å². The van der Waals surface area contributed by atoms with Crippen LogP contribution in [0.15, 0.2) is 29.2 Å². The first-order valence-electron chi connectivity index (χ1n) is 7.89. The van der Waals surface area contributed by atoms with Crippen molar-refractivity contribution in [3.05, 3.63) is 30.1 Å². The van der Waals surface area contributed by atoms with Crippen LogP contribution in [0.2, 0.25) is 0 Å². The first-order chi connectivity index (χ1) is 11.3. The van der Waals surface area contributed by atoms with E-state index in [0.29, 0.717) is 18.2 Å². The number of benzene rings is 1. The smallest absolute Gasteiger partial charge is 0.246 e. The summed E-state index contributed by atoms with van der Waals surface area (Å²) in [4.78, 5) is 3.01. The maximum Gasteiger partial charge on any atom is 0.246 e. The second-order valence-corrected chi connectivity index (χ2v) is 8.30. The fourth-order valence-corrected chi connectivity index (χ4v) is 4.23. The molecule has 2 rings (SSSR count). The van der Waals surface area contributed by atoms with Gasteiger partial charge in [0.05, 0.1) is 27.2 Å². The van der Waals surface area contributed by atoms with Crippen molar-refractivity contribution in [2.45, 2.75) is 4.90 Å². The van der Waals surface area contributed by atoms with Gasteiger partial charge in [0, 0.05) is 26.2 Å². The summed E-state index contributed by atoms with van der Waals surface area (Å²) in [6, 6.07) is 5.46. The van der Waals surface area contributed by atoms with Gasteiger partial charge < -0.3 is 15.1 Å². The van der Waals surface area contributed by atoms with E-state index in [1.54, 1.807) is 0 Å². The topological polar surface area (TPSA) is 57.1 Å². The zero-order chi connectivity index (χ0) is 17.7. The van der Waals surface area contributed by atoms with Gasteiger partial charge >= 0.3 is 0 Å². The van der Waals surface area contributed by atoms with Gasteiger partial charge in [-0.05, 0) is 24.4 Å². The number of hydrogen-bond acceptors (Lipinski definition) is 3. The normalized spacial score (nSPS) is 16.4. The number of halogens is 1. The molecule has 1 fully saturated rings. The van der Waals surface area contributed by atoms with Crippen LogP contribution in [0.5, 0.6) is 0 Å². The summed E-state index contributed by atoms with van der Waals surface area (Å²) in [5.74, 6) is -0.719. The quantitative estimate of drug-likeness (QED) is 0.657. The molecule has 0 spiro atoms. The number of nitrogens with one attached hydrogen (secondary N) is 2. The monoisotopic (exact) mass is 375 g/mol. The summed E-state index contributed by atoms with van der Waals surface area (Å²) in [7, 11) is 0.328. The number of piperazine rings is 1. The molecule has 0 atom stereocenters. The van der Waals surface area contributed by atoms with Crippen LogP contribution in [-0.2, 0) is 10.0 Å². The van der Waals surface area contributed by atoms with Crippen molar-refractivity contribution in [2.75, 3.05) is 53.4 Å². The van der Waals surface area contributed by atoms with Gasteiger partial charge in [-0.3, -0.25) is 0 Å². The summed E-state index contributed by atoms with van der Waals surface area (Å²) >= 11 is 5.35. The second-order valence-electron chi connectivity index (χ2n) is 6.01. The molecule has 6 nitrogen and oxygen atoms in total. The van der Waals surface area contributed by atoms with E-state index in [1.807, 2.05) is 4.90 Å². The Morgan fingerprint density at radius 2 is 1.88 bits per heavy atom. The Hall–Kier alpha value is -1.29. The summed E-state index contributed by atoms with van der Waals surface area (Å²) in [5, 5.41) is 3.82. The van der Waals surface area contributed by atoms with Crippen molar-refractivity contribution in [3.63, 3.8) is 0 Å². The molecule has 1 aliphatic heterocycles. The molecular weight excluding hydrogens is 351 g/mol. The fourth-order valence-electron chi connectivity index (χ4n) is 2.46. The van der Waals surface area contributed by atoms with Gasteiger partial charge in [-0.2, -0.15) is 4.31 Å². The SMILES string of the molecule is C[NH+](C)CCNC(=S)N1CCN(S(=O)(=O)c2ccccc2F)CC1. The highest BCUT2D eigenvalue weighted by Crippen LogP contribution is 2.20. The summed E-state index contributed by atoms with van der Waals surface area (Å²) in [5.41, 5.74) is 0. The molecular formula is C15H24FN4O2S2+. The van der Waals surface area contributed by atoms with Crippen LogP contribution in [0.1, 0.15) is 0 Å². The second kappa shape index (κ2) is 8.19.